The van der Waals surface area contributed by atoms with Crippen LogP contribution in [0.15, 0.2) is 29.3 Å². The lowest BCUT2D eigenvalue weighted by atomic mass is 10.1. The number of unbranched alkanes of at least 4 members (excludes halogenated alkanes) is 3. The van der Waals surface area contributed by atoms with E-state index in [4.69, 9.17) is 10.5 Å². The highest BCUT2D eigenvalue weighted by atomic mass is 127. The fourth-order valence-electron chi connectivity index (χ4n) is 3.28. The Morgan fingerprint density at radius 1 is 1.18 bits per heavy atom. The van der Waals surface area contributed by atoms with E-state index >= 15 is 0 Å². The van der Waals surface area contributed by atoms with E-state index in [1.165, 1.54) is 19.3 Å². The highest BCUT2D eigenvalue weighted by molar-refractivity contribution is 14.0. The second-order valence-electron chi connectivity index (χ2n) is 7.35. The molecular weight excluding hydrogens is 467 g/mol. The third kappa shape index (κ3) is 8.34. The van der Waals surface area contributed by atoms with E-state index in [0.29, 0.717) is 31.2 Å². The lowest BCUT2D eigenvalue weighted by Gasteiger charge is -2.35. The maximum Gasteiger partial charge on any atom is 0.254 e. The Balaban J connectivity index is 0.00000392. The second-order valence-corrected chi connectivity index (χ2v) is 7.35. The molecule has 0 saturated carbocycles. The molecule has 1 aliphatic heterocycles. The molecule has 0 aliphatic carbocycles. The minimum atomic E-state index is 0. The maximum absolute atomic E-state index is 12.7. The van der Waals surface area contributed by atoms with Crippen LogP contribution in [0.1, 0.15) is 62.4 Å². The Morgan fingerprint density at radius 2 is 1.82 bits per heavy atom. The monoisotopic (exact) mass is 502 g/mol. The summed E-state index contributed by atoms with van der Waals surface area (Å²) >= 11 is 0. The standard InChI is InChI=1S/C21H34N4O2.HI/c1-4-5-6-7-12-23-21(22)24-13-18-8-10-19(11-9-18)20(26)25-14-16(2)27-17(3)15-25;/h8-11,16-17H,4-7,12-15H2,1-3H3,(H3,22,23,24);1H. The van der Waals surface area contributed by atoms with Gasteiger partial charge in [-0.25, -0.2) is 4.99 Å². The molecule has 0 radical (unpaired) electrons. The summed E-state index contributed by atoms with van der Waals surface area (Å²) in [7, 11) is 0. The number of rotatable bonds is 8. The number of hydrogen-bond acceptors (Lipinski definition) is 3. The average molecular weight is 502 g/mol. The number of aliphatic imine (C=N–C) groups is 1. The van der Waals surface area contributed by atoms with Gasteiger partial charge >= 0.3 is 0 Å². The highest BCUT2D eigenvalue weighted by Gasteiger charge is 2.26. The first-order valence-corrected chi connectivity index (χ1v) is 10.1. The number of hydrogen-bond donors (Lipinski definition) is 2. The molecule has 0 spiro atoms. The van der Waals surface area contributed by atoms with Crippen LogP contribution >= 0.6 is 24.0 Å². The third-order valence-electron chi connectivity index (χ3n) is 4.68. The number of halogens is 1. The van der Waals surface area contributed by atoms with Crippen LogP contribution < -0.4 is 11.1 Å². The first-order chi connectivity index (χ1) is 13.0. The van der Waals surface area contributed by atoms with Crippen LogP contribution in [0.2, 0.25) is 0 Å². The van der Waals surface area contributed by atoms with Gasteiger partial charge in [-0.3, -0.25) is 4.79 Å². The van der Waals surface area contributed by atoms with Gasteiger partial charge in [-0.2, -0.15) is 0 Å². The Labute approximate surface area is 186 Å². The van der Waals surface area contributed by atoms with E-state index in [0.717, 1.165) is 18.5 Å². The van der Waals surface area contributed by atoms with Crippen LogP contribution in [-0.4, -0.2) is 48.6 Å². The summed E-state index contributed by atoms with van der Waals surface area (Å²) in [5, 5.41) is 3.15. The van der Waals surface area contributed by atoms with E-state index in [-0.39, 0.29) is 42.1 Å². The quantitative estimate of drug-likeness (QED) is 0.247. The molecule has 1 fully saturated rings. The molecule has 0 bridgehead atoms. The molecule has 7 heteroatoms. The molecule has 1 amide bonds. The predicted molar refractivity (Wildman–Crippen MR) is 125 cm³/mol. The number of morpholine rings is 1. The SMILES string of the molecule is CCCCCCNC(N)=NCc1ccc(C(=O)N2CC(C)OC(C)C2)cc1.I. The van der Waals surface area contributed by atoms with E-state index in [9.17, 15) is 4.79 Å². The zero-order chi connectivity index (χ0) is 19.6. The molecule has 2 atom stereocenters. The molecule has 6 nitrogen and oxygen atoms in total. The van der Waals surface area contributed by atoms with Crippen molar-refractivity contribution in [2.75, 3.05) is 19.6 Å². The third-order valence-corrected chi connectivity index (χ3v) is 4.68. The number of benzene rings is 1. The van der Waals surface area contributed by atoms with E-state index in [1.54, 1.807) is 0 Å². The number of nitrogens with two attached hydrogens (primary N) is 1. The molecule has 1 aliphatic rings. The predicted octanol–water partition coefficient (Wildman–Crippen LogP) is 3.54. The topological polar surface area (TPSA) is 79.9 Å². The van der Waals surface area contributed by atoms with Crippen LogP contribution in [0.4, 0.5) is 0 Å². The van der Waals surface area contributed by atoms with Crippen LogP contribution in [-0.2, 0) is 11.3 Å². The van der Waals surface area contributed by atoms with Crippen molar-refractivity contribution in [1.82, 2.24) is 10.2 Å². The Bertz CT molecular complexity index is 611. The van der Waals surface area contributed by atoms with Crippen molar-refractivity contribution in [3.05, 3.63) is 35.4 Å². The zero-order valence-corrected chi connectivity index (χ0v) is 19.6. The number of ether oxygens (including phenoxy) is 1. The second kappa shape index (κ2) is 13.0. The van der Waals surface area contributed by atoms with Crippen molar-refractivity contribution < 1.29 is 9.53 Å². The molecule has 28 heavy (non-hydrogen) atoms. The number of amides is 1. The van der Waals surface area contributed by atoms with Crippen molar-refractivity contribution in [2.24, 2.45) is 10.7 Å². The lowest BCUT2D eigenvalue weighted by molar-refractivity contribution is -0.0586. The fraction of sp³-hybridized carbons (Fsp3) is 0.619. The van der Waals surface area contributed by atoms with Crippen LogP contribution in [0.3, 0.4) is 0 Å². The van der Waals surface area contributed by atoms with Crippen LogP contribution in [0.25, 0.3) is 0 Å². The van der Waals surface area contributed by atoms with Crippen molar-refractivity contribution in [3.63, 3.8) is 0 Å². The molecule has 3 N–H and O–H groups in total. The Hall–Kier alpha value is -1.35. The number of guanidine groups is 1. The maximum atomic E-state index is 12.7. The van der Waals surface area contributed by atoms with Crippen molar-refractivity contribution in [3.8, 4) is 0 Å². The van der Waals surface area contributed by atoms with Gasteiger partial charge in [0.1, 0.15) is 0 Å². The number of carbonyl (C=O) groups is 1. The molecule has 1 heterocycles. The normalized spacial score (nSPS) is 19.8. The van der Waals surface area contributed by atoms with Crippen molar-refractivity contribution in [1.29, 1.82) is 0 Å². The van der Waals surface area contributed by atoms with Crippen LogP contribution in [0, 0.1) is 0 Å². The summed E-state index contributed by atoms with van der Waals surface area (Å²) in [5.74, 6) is 0.531. The largest absolute Gasteiger partial charge is 0.372 e. The highest BCUT2D eigenvalue weighted by Crippen LogP contribution is 2.15. The summed E-state index contributed by atoms with van der Waals surface area (Å²) in [6.45, 7) is 8.83. The first kappa shape index (κ1) is 24.7. The fourth-order valence-corrected chi connectivity index (χ4v) is 3.28. The molecular formula is C21H35IN4O2. The summed E-state index contributed by atoms with van der Waals surface area (Å²) in [4.78, 5) is 18.9. The van der Waals surface area contributed by atoms with E-state index in [1.807, 2.05) is 43.0 Å². The lowest BCUT2D eigenvalue weighted by Crippen LogP contribution is -2.48. The van der Waals surface area contributed by atoms with Gasteiger partial charge in [0, 0.05) is 25.2 Å². The number of nitrogens with one attached hydrogen (secondary N) is 1. The molecule has 1 aromatic rings. The van der Waals surface area contributed by atoms with Crippen LogP contribution in [0.5, 0.6) is 0 Å². The van der Waals surface area contributed by atoms with Crippen molar-refractivity contribution >= 4 is 35.8 Å². The molecule has 0 aromatic heterocycles. The smallest absolute Gasteiger partial charge is 0.254 e. The van der Waals surface area contributed by atoms with Gasteiger partial charge in [0.2, 0.25) is 0 Å². The first-order valence-electron chi connectivity index (χ1n) is 10.1. The average Bonchev–Trinajstić information content (AvgIpc) is 2.65. The summed E-state index contributed by atoms with van der Waals surface area (Å²) < 4.78 is 5.70. The Morgan fingerprint density at radius 3 is 2.43 bits per heavy atom. The van der Waals surface area contributed by atoms with Gasteiger partial charge < -0.3 is 20.7 Å². The van der Waals surface area contributed by atoms with E-state index < -0.39 is 0 Å². The molecule has 2 unspecified atom stereocenters. The van der Waals surface area contributed by atoms with Gasteiger partial charge in [-0.15, -0.1) is 24.0 Å². The summed E-state index contributed by atoms with van der Waals surface area (Å²) in [6, 6.07) is 7.62. The Kier molecular flexibility index (Phi) is 11.4. The number of carbonyl (C=O) groups excluding carboxylic acids is 1. The van der Waals surface area contributed by atoms with Gasteiger partial charge in [0.05, 0.1) is 18.8 Å². The minimum Gasteiger partial charge on any atom is -0.372 e. The molecule has 1 saturated heterocycles. The van der Waals surface area contributed by atoms with Gasteiger partial charge in [0.15, 0.2) is 5.96 Å². The summed E-state index contributed by atoms with van der Waals surface area (Å²) in [5.41, 5.74) is 7.64. The minimum absolute atomic E-state index is 0. The molecule has 1 aromatic carbocycles. The summed E-state index contributed by atoms with van der Waals surface area (Å²) in [6.07, 6.45) is 4.96. The number of nitrogens with zero attached hydrogens (tertiary/aromatic N) is 2. The van der Waals surface area contributed by atoms with Gasteiger partial charge in [0.25, 0.3) is 5.91 Å². The van der Waals surface area contributed by atoms with Gasteiger partial charge in [-0.05, 0) is 38.0 Å². The molecule has 158 valence electrons. The van der Waals surface area contributed by atoms with E-state index in [2.05, 4.69) is 17.2 Å². The van der Waals surface area contributed by atoms with Gasteiger partial charge in [-0.1, -0.05) is 38.3 Å². The molecule has 2 rings (SSSR count). The zero-order valence-electron chi connectivity index (χ0n) is 17.3. The van der Waals surface area contributed by atoms with Crippen molar-refractivity contribution in [2.45, 2.75) is 65.2 Å².